The van der Waals surface area contributed by atoms with Crippen molar-refractivity contribution in [2.24, 2.45) is 0 Å². The van der Waals surface area contributed by atoms with E-state index in [1.807, 2.05) is 48.5 Å². The number of hydrogen-bond acceptors (Lipinski definition) is 1. The van der Waals surface area contributed by atoms with E-state index in [1.54, 1.807) is 0 Å². The van der Waals surface area contributed by atoms with Crippen molar-refractivity contribution in [3.05, 3.63) is 109 Å². The molecule has 1 N–H and O–H groups in total. The number of carbonyl (C=O) groups is 1. The highest BCUT2D eigenvalue weighted by molar-refractivity contribution is 7.71. The van der Waals surface area contributed by atoms with Gasteiger partial charge in [-0.25, -0.2) is 0 Å². The predicted molar refractivity (Wildman–Crippen MR) is 113 cm³/mol. The van der Waals surface area contributed by atoms with Gasteiger partial charge in [0, 0.05) is 10.6 Å². The van der Waals surface area contributed by atoms with Crippen LogP contribution in [0.5, 0.6) is 0 Å². The third-order valence-electron chi connectivity index (χ3n) is 3.84. The van der Waals surface area contributed by atoms with Crippen LogP contribution in [0.2, 0.25) is 0 Å². The minimum Gasteiger partial charge on any atom is -0.324 e. The lowest BCUT2D eigenvalue weighted by molar-refractivity contribution is -0.114. The summed E-state index contributed by atoms with van der Waals surface area (Å²) in [5, 5.41) is 5.26. The second kappa shape index (κ2) is 8.94. The van der Waals surface area contributed by atoms with E-state index in [9.17, 15) is 4.79 Å². The van der Waals surface area contributed by atoms with E-state index in [1.165, 1.54) is 11.6 Å². The van der Waals surface area contributed by atoms with Crippen LogP contribution in [0.3, 0.4) is 0 Å². The molecule has 0 aromatic heterocycles. The molecule has 0 aliphatic heterocycles. The molecule has 0 aliphatic carbocycles. The summed E-state index contributed by atoms with van der Waals surface area (Å²) in [4.78, 5) is 11.9. The van der Waals surface area contributed by atoms with Crippen molar-refractivity contribution >= 4 is 36.7 Å². The van der Waals surface area contributed by atoms with Gasteiger partial charge in [0.1, 0.15) is 0 Å². The molecule has 0 saturated heterocycles. The summed E-state index contributed by atoms with van der Waals surface area (Å²) in [5.74, 6) is -0.159. The molecule has 0 radical (unpaired) electrons. The van der Waals surface area contributed by atoms with Gasteiger partial charge in [-0.2, -0.15) is 0 Å². The SMILES string of the molecule is C=CC(=O)NP(c1ccccc1)c1ccc(/C=C/c2ccccc2)cc1. The Balaban J connectivity index is 1.82. The Hall–Kier alpha value is -2.96. The Bertz CT molecular complexity index is 887. The number of hydrogen-bond donors (Lipinski definition) is 1. The zero-order valence-corrected chi connectivity index (χ0v) is 15.3. The van der Waals surface area contributed by atoms with Gasteiger partial charge in [0.25, 0.3) is 0 Å². The minimum absolute atomic E-state index is 0.159. The van der Waals surface area contributed by atoms with Crippen LogP contribution in [-0.4, -0.2) is 5.91 Å². The summed E-state index contributed by atoms with van der Waals surface area (Å²) in [6, 6.07) is 28.5. The van der Waals surface area contributed by atoms with Crippen LogP contribution >= 0.6 is 8.07 Å². The summed E-state index contributed by atoms with van der Waals surface area (Å²) < 4.78 is 0. The molecule has 0 aliphatic rings. The van der Waals surface area contributed by atoms with Crippen LogP contribution < -0.4 is 15.7 Å². The minimum atomic E-state index is -0.956. The molecule has 2 nitrogen and oxygen atoms in total. The molecular weight excluding hydrogens is 337 g/mol. The predicted octanol–water partition coefficient (Wildman–Crippen LogP) is 4.51. The zero-order chi connectivity index (χ0) is 18.2. The fourth-order valence-corrected chi connectivity index (χ4v) is 4.29. The molecule has 1 unspecified atom stereocenters. The second-order valence-corrected chi connectivity index (χ2v) is 7.61. The lowest BCUT2D eigenvalue weighted by Crippen LogP contribution is -2.27. The number of amides is 1. The first kappa shape index (κ1) is 17.8. The Kier molecular flexibility index (Phi) is 6.14. The number of rotatable bonds is 6. The first-order chi connectivity index (χ1) is 12.8. The quantitative estimate of drug-likeness (QED) is 0.393. The number of carbonyl (C=O) groups excluding carboxylic acids is 1. The smallest absolute Gasteiger partial charge is 0.247 e. The Morgan fingerprint density at radius 2 is 1.23 bits per heavy atom. The highest BCUT2D eigenvalue weighted by Crippen LogP contribution is 2.28. The van der Waals surface area contributed by atoms with E-state index in [2.05, 4.69) is 60.2 Å². The van der Waals surface area contributed by atoms with Crippen molar-refractivity contribution in [1.82, 2.24) is 5.09 Å². The lowest BCUT2D eigenvalue weighted by Gasteiger charge is -2.19. The largest absolute Gasteiger partial charge is 0.324 e. The number of nitrogens with one attached hydrogen (secondary N) is 1. The average molecular weight is 357 g/mol. The molecule has 3 aromatic rings. The maximum Gasteiger partial charge on any atom is 0.247 e. The average Bonchev–Trinajstić information content (AvgIpc) is 2.72. The molecular formula is C23H20NOP. The van der Waals surface area contributed by atoms with Crippen molar-refractivity contribution in [3.8, 4) is 0 Å². The molecule has 3 aromatic carbocycles. The molecule has 0 heterocycles. The van der Waals surface area contributed by atoms with Crippen LogP contribution in [0.4, 0.5) is 0 Å². The van der Waals surface area contributed by atoms with E-state index in [0.717, 1.165) is 16.2 Å². The number of benzene rings is 3. The van der Waals surface area contributed by atoms with Crippen molar-refractivity contribution in [3.63, 3.8) is 0 Å². The van der Waals surface area contributed by atoms with Crippen LogP contribution in [0, 0.1) is 0 Å². The molecule has 128 valence electrons. The summed E-state index contributed by atoms with van der Waals surface area (Å²) in [7, 11) is -0.956. The fourth-order valence-electron chi connectivity index (χ4n) is 2.50. The van der Waals surface area contributed by atoms with Gasteiger partial charge in [0.05, 0.1) is 8.07 Å². The van der Waals surface area contributed by atoms with Crippen LogP contribution in [-0.2, 0) is 4.79 Å². The van der Waals surface area contributed by atoms with E-state index in [4.69, 9.17) is 0 Å². The van der Waals surface area contributed by atoms with E-state index < -0.39 is 8.07 Å². The first-order valence-corrected chi connectivity index (χ1v) is 9.72. The third kappa shape index (κ3) is 4.78. The maximum atomic E-state index is 11.9. The van der Waals surface area contributed by atoms with Gasteiger partial charge in [-0.3, -0.25) is 4.79 Å². The Morgan fingerprint density at radius 1 is 0.731 bits per heavy atom. The monoisotopic (exact) mass is 357 g/mol. The standard InChI is InChI=1S/C23H20NOP/c1-2-23(25)24-26(21-11-7-4-8-12-21)22-17-15-20(16-18-22)14-13-19-9-5-3-6-10-19/h2-18H,1H2,(H,24,25)/b14-13+. The summed E-state index contributed by atoms with van der Waals surface area (Å²) >= 11 is 0. The third-order valence-corrected chi connectivity index (χ3v) is 5.91. The lowest BCUT2D eigenvalue weighted by atomic mass is 10.1. The summed E-state index contributed by atoms with van der Waals surface area (Å²) in [6.07, 6.45) is 5.50. The molecule has 0 spiro atoms. The van der Waals surface area contributed by atoms with Gasteiger partial charge < -0.3 is 5.09 Å². The molecule has 1 atom stereocenters. The van der Waals surface area contributed by atoms with Crippen LogP contribution in [0.15, 0.2) is 97.6 Å². The highest BCUT2D eigenvalue weighted by Gasteiger charge is 2.15. The zero-order valence-electron chi connectivity index (χ0n) is 14.4. The molecule has 26 heavy (non-hydrogen) atoms. The van der Waals surface area contributed by atoms with Gasteiger partial charge in [0.15, 0.2) is 0 Å². The van der Waals surface area contributed by atoms with E-state index in [0.29, 0.717) is 0 Å². The molecule has 0 fully saturated rings. The van der Waals surface area contributed by atoms with Crippen molar-refractivity contribution in [2.45, 2.75) is 0 Å². The summed E-state index contributed by atoms with van der Waals surface area (Å²) in [6.45, 7) is 3.56. The molecule has 3 heteroatoms. The molecule has 0 bridgehead atoms. The maximum absolute atomic E-state index is 11.9. The summed E-state index contributed by atoms with van der Waals surface area (Å²) in [5.41, 5.74) is 2.29. The van der Waals surface area contributed by atoms with E-state index in [-0.39, 0.29) is 5.91 Å². The van der Waals surface area contributed by atoms with Gasteiger partial charge in [-0.05, 0) is 17.2 Å². The van der Waals surface area contributed by atoms with Crippen molar-refractivity contribution in [1.29, 1.82) is 0 Å². The second-order valence-electron chi connectivity index (χ2n) is 5.69. The van der Waals surface area contributed by atoms with Gasteiger partial charge in [-0.1, -0.05) is 104 Å². The normalized spacial score (nSPS) is 11.8. The van der Waals surface area contributed by atoms with Crippen LogP contribution in [0.25, 0.3) is 12.2 Å². The van der Waals surface area contributed by atoms with Crippen molar-refractivity contribution < 1.29 is 4.79 Å². The fraction of sp³-hybridized carbons (Fsp3) is 0. The van der Waals surface area contributed by atoms with Crippen molar-refractivity contribution in [2.75, 3.05) is 0 Å². The molecule has 1 amide bonds. The van der Waals surface area contributed by atoms with Gasteiger partial charge >= 0.3 is 0 Å². The Morgan fingerprint density at radius 3 is 1.81 bits per heavy atom. The molecule has 0 saturated carbocycles. The van der Waals surface area contributed by atoms with Crippen LogP contribution in [0.1, 0.15) is 11.1 Å². The Labute approximate surface area is 155 Å². The van der Waals surface area contributed by atoms with Gasteiger partial charge in [0.2, 0.25) is 5.91 Å². The van der Waals surface area contributed by atoms with Gasteiger partial charge in [-0.15, -0.1) is 0 Å². The first-order valence-electron chi connectivity index (χ1n) is 8.38. The molecule has 3 rings (SSSR count). The highest BCUT2D eigenvalue weighted by atomic mass is 31.1. The topological polar surface area (TPSA) is 29.1 Å². The van der Waals surface area contributed by atoms with E-state index >= 15 is 0 Å².